The third-order valence-electron chi connectivity index (χ3n) is 5.09. The molecule has 3 rings (SSSR count). The number of amides is 1. The summed E-state index contributed by atoms with van der Waals surface area (Å²) in [5, 5.41) is 0.734. The average molecular weight is 357 g/mol. The van der Waals surface area contributed by atoms with Crippen molar-refractivity contribution in [3.05, 3.63) is 64.2 Å². The van der Waals surface area contributed by atoms with E-state index in [4.69, 9.17) is 11.6 Å². The van der Waals surface area contributed by atoms with E-state index in [9.17, 15) is 4.79 Å². The number of halogens is 1. The maximum absolute atomic E-state index is 12.5. The lowest BCUT2D eigenvalue weighted by molar-refractivity contribution is -0.131. The summed E-state index contributed by atoms with van der Waals surface area (Å²) in [5.41, 5.74) is 5.11. The minimum absolute atomic E-state index is 0.246. The fourth-order valence-corrected chi connectivity index (χ4v) is 3.46. The molecular formula is C21H25ClN2O. The van der Waals surface area contributed by atoms with Gasteiger partial charge < -0.3 is 9.80 Å². The standard InChI is InChI=1S/C21H25ClN2O/c1-16-4-3-5-20(17(16)2)23-12-14-24(15-13-23)21(25)11-8-18-6-9-19(22)10-7-18/h3-7,9-10H,8,11-15H2,1-2H3. The van der Waals surface area contributed by atoms with Gasteiger partial charge in [-0.3, -0.25) is 4.79 Å². The van der Waals surface area contributed by atoms with Crippen LogP contribution in [-0.4, -0.2) is 37.0 Å². The van der Waals surface area contributed by atoms with E-state index >= 15 is 0 Å². The van der Waals surface area contributed by atoms with Crippen molar-refractivity contribution in [2.75, 3.05) is 31.1 Å². The van der Waals surface area contributed by atoms with Crippen LogP contribution in [-0.2, 0) is 11.2 Å². The van der Waals surface area contributed by atoms with E-state index in [1.165, 1.54) is 16.8 Å². The molecule has 0 radical (unpaired) electrons. The molecule has 0 N–H and O–H groups in total. The molecule has 132 valence electrons. The van der Waals surface area contributed by atoms with Gasteiger partial charge in [0.2, 0.25) is 5.91 Å². The second-order valence-corrected chi connectivity index (χ2v) is 7.15. The largest absolute Gasteiger partial charge is 0.368 e. The Morgan fingerprint density at radius 3 is 2.36 bits per heavy atom. The van der Waals surface area contributed by atoms with E-state index in [0.29, 0.717) is 6.42 Å². The van der Waals surface area contributed by atoms with Gasteiger partial charge in [-0.1, -0.05) is 35.9 Å². The molecule has 1 amide bonds. The monoisotopic (exact) mass is 356 g/mol. The summed E-state index contributed by atoms with van der Waals surface area (Å²) in [6.45, 7) is 7.72. The highest BCUT2D eigenvalue weighted by molar-refractivity contribution is 6.30. The van der Waals surface area contributed by atoms with Crippen LogP contribution in [0.2, 0.25) is 5.02 Å². The number of rotatable bonds is 4. The van der Waals surface area contributed by atoms with Crippen LogP contribution in [0.4, 0.5) is 5.69 Å². The van der Waals surface area contributed by atoms with Gasteiger partial charge in [-0.05, 0) is 55.2 Å². The third kappa shape index (κ3) is 4.35. The van der Waals surface area contributed by atoms with Crippen molar-refractivity contribution in [3.63, 3.8) is 0 Å². The van der Waals surface area contributed by atoms with Crippen LogP contribution in [0, 0.1) is 13.8 Å². The van der Waals surface area contributed by atoms with Gasteiger partial charge in [0.25, 0.3) is 0 Å². The molecule has 1 saturated heterocycles. The number of carbonyl (C=O) groups is 1. The van der Waals surface area contributed by atoms with Gasteiger partial charge in [-0.25, -0.2) is 0 Å². The molecule has 0 aliphatic carbocycles. The maximum atomic E-state index is 12.5. The lowest BCUT2D eigenvalue weighted by Crippen LogP contribution is -2.49. The summed E-state index contributed by atoms with van der Waals surface area (Å²) < 4.78 is 0. The lowest BCUT2D eigenvalue weighted by atomic mass is 10.1. The summed E-state index contributed by atoms with van der Waals surface area (Å²) in [7, 11) is 0. The average Bonchev–Trinajstić information content (AvgIpc) is 2.63. The quantitative estimate of drug-likeness (QED) is 0.818. The fourth-order valence-electron chi connectivity index (χ4n) is 3.34. The number of anilines is 1. The van der Waals surface area contributed by atoms with E-state index in [0.717, 1.165) is 43.2 Å². The third-order valence-corrected chi connectivity index (χ3v) is 5.34. The van der Waals surface area contributed by atoms with Crippen LogP contribution >= 0.6 is 11.6 Å². The van der Waals surface area contributed by atoms with Gasteiger partial charge in [0, 0.05) is 43.3 Å². The zero-order chi connectivity index (χ0) is 17.8. The molecule has 0 saturated carbocycles. The molecule has 1 fully saturated rings. The van der Waals surface area contributed by atoms with E-state index in [1.807, 2.05) is 29.2 Å². The molecule has 2 aromatic rings. The summed E-state index contributed by atoms with van der Waals surface area (Å²) in [4.78, 5) is 16.9. The van der Waals surface area contributed by atoms with Crippen molar-refractivity contribution in [2.45, 2.75) is 26.7 Å². The van der Waals surface area contributed by atoms with Crippen molar-refractivity contribution >= 4 is 23.2 Å². The molecule has 0 unspecified atom stereocenters. The Labute approximate surface area is 155 Å². The van der Waals surface area contributed by atoms with E-state index in [2.05, 4.69) is 36.9 Å². The second-order valence-electron chi connectivity index (χ2n) is 6.71. The molecule has 0 bridgehead atoms. The molecule has 25 heavy (non-hydrogen) atoms. The molecule has 2 aromatic carbocycles. The van der Waals surface area contributed by atoms with Gasteiger partial charge in [0.1, 0.15) is 0 Å². The minimum Gasteiger partial charge on any atom is -0.368 e. The molecular weight excluding hydrogens is 332 g/mol. The van der Waals surface area contributed by atoms with E-state index in [-0.39, 0.29) is 5.91 Å². The van der Waals surface area contributed by atoms with Gasteiger partial charge in [0.05, 0.1) is 0 Å². The van der Waals surface area contributed by atoms with Gasteiger partial charge >= 0.3 is 0 Å². The highest BCUT2D eigenvalue weighted by Gasteiger charge is 2.22. The number of carbonyl (C=O) groups excluding carboxylic acids is 1. The van der Waals surface area contributed by atoms with Gasteiger partial charge in [-0.2, -0.15) is 0 Å². The predicted octanol–water partition coefficient (Wildman–Crippen LogP) is 4.24. The Kier molecular flexibility index (Phi) is 5.64. The Balaban J connectivity index is 1.52. The molecule has 0 aromatic heterocycles. The Morgan fingerprint density at radius 1 is 1.00 bits per heavy atom. The first-order valence-corrected chi connectivity index (χ1v) is 9.26. The van der Waals surface area contributed by atoms with Crippen LogP contribution in [0.25, 0.3) is 0 Å². The number of aryl methyl sites for hydroxylation is 2. The van der Waals surface area contributed by atoms with Crippen LogP contribution in [0.3, 0.4) is 0 Å². The summed E-state index contributed by atoms with van der Waals surface area (Å²) in [6, 6.07) is 14.2. The summed E-state index contributed by atoms with van der Waals surface area (Å²) >= 11 is 5.90. The highest BCUT2D eigenvalue weighted by Crippen LogP contribution is 2.24. The first kappa shape index (κ1) is 17.8. The SMILES string of the molecule is Cc1cccc(N2CCN(C(=O)CCc3ccc(Cl)cc3)CC2)c1C. The molecule has 1 heterocycles. The van der Waals surface area contributed by atoms with Crippen LogP contribution in [0.5, 0.6) is 0 Å². The number of piperazine rings is 1. The number of hydrogen-bond donors (Lipinski definition) is 0. The molecule has 0 atom stereocenters. The molecule has 1 aliphatic heterocycles. The Hall–Kier alpha value is -2.00. The minimum atomic E-state index is 0.246. The fraction of sp³-hybridized carbons (Fsp3) is 0.381. The predicted molar refractivity (Wildman–Crippen MR) is 104 cm³/mol. The summed E-state index contributed by atoms with van der Waals surface area (Å²) in [6.07, 6.45) is 1.33. The van der Waals surface area contributed by atoms with Gasteiger partial charge in [0.15, 0.2) is 0 Å². The summed E-state index contributed by atoms with van der Waals surface area (Å²) in [5.74, 6) is 0.246. The van der Waals surface area contributed by atoms with Crippen LogP contribution < -0.4 is 4.90 Å². The Bertz CT molecular complexity index is 734. The van der Waals surface area contributed by atoms with Crippen LogP contribution in [0.15, 0.2) is 42.5 Å². The number of benzene rings is 2. The van der Waals surface area contributed by atoms with Crippen molar-refractivity contribution in [1.82, 2.24) is 4.90 Å². The molecule has 3 nitrogen and oxygen atoms in total. The lowest BCUT2D eigenvalue weighted by Gasteiger charge is -2.37. The van der Waals surface area contributed by atoms with Crippen molar-refractivity contribution in [1.29, 1.82) is 0 Å². The van der Waals surface area contributed by atoms with Crippen molar-refractivity contribution in [2.24, 2.45) is 0 Å². The normalized spacial score (nSPS) is 14.7. The van der Waals surface area contributed by atoms with Crippen molar-refractivity contribution < 1.29 is 4.79 Å². The molecule has 1 aliphatic rings. The van der Waals surface area contributed by atoms with Crippen LogP contribution in [0.1, 0.15) is 23.1 Å². The Morgan fingerprint density at radius 2 is 1.68 bits per heavy atom. The van der Waals surface area contributed by atoms with E-state index < -0.39 is 0 Å². The zero-order valence-corrected chi connectivity index (χ0v) is 15.7. The van der Waals surface area contributed by atoms with Gasteiger partial charge in [-0.15, -0.1) is 0 Å². The first-order chi connectivity index (χ1) is 12.0. The second kappa shape index (κ2) is 7.92. The molecule has 0 spiro atoms. The smallest absolute Gasteiger partial charge is 0.223 e. The molecule has 4 heteroatoms. The zero-order valence-electron chi connectivity index (χ0n) is 15.0. The number of hydrogen-bond acceptors (Lipinski definition) is 2. The number of nitrogens with zero attached hydrogens (tertiary/aromatic N) is 2. The first-order valence-electron chi connectivity index (χ1n) is 8.88. The topological polar surface area (TPSA) is 23.6 Å². The van der Waals surface area contributed by atoms with E-state index in [1.54, 1.807) is 0 Å². The maximum Gasteiger partial charge on any atom is 0.223 e. The van der Waals surface area contributed by atoms with Crippen molar-refractivity contribution in [3.8, 4) is 0 Å². The highest BCUT2D eigenvalue weighted by atomic mass is 35.5.